The fourth-order valence-electron chi connectivity index (χ4n) is 2.52. The van der Waals surface area contributed by atoms with Crippen LogP contribution < -0.4 is 10.1 Å². The molecule has 3 aromatic rings. The van der Waals surface area contributed by atoms with E-state index in [1.54, 1.807) is 43.3 Å². The molecule has 136 valence electrons. The Morgan fingerprint density at radius 1 is 0.926 bits per heavy atom. The number of hydrogen-bond donors (Lipinski definition) is 1. The molecule has 6 heteroatoms. The van der Waals surface area contributed by atoms with Crippen LogP contribution in [0.25, 0.3) is 0 Å². The van der Waals surface area contributed by atoms with Crippen molar-refractivity contribution in [2.75, 3.05) is 5.32 Å². The molecular formula is C21H18N2O4. The highest BCUT2D eigenvalue weighted by Gasteiger charge is 2.16. The van der Waals surface area contributed by atoms with Crippen LogP contribution in [-0.4, -0.2) is 10.8 Å². The lowest BCUT2D eigenvalue weighted by Gasteiger charge is -2.13. The quantitative estimate of drug-likeness (QED) is 0.487. The number of benzene rings is 3. The van der Waals surface area contributed by atoms with Gasteiger partial charge in [0, 0.05) is 17.8 Å². The molecule has 0 bridgehead atoms. The zero-order valence-corrected chi connectivity index (χ0v) is 14.7. The fraction of sp³-hybridized carbons (Fsp3) is 0.0952. The van der Waals surface area contributed by atoms with Crippen LogP contribution in [0.1, 0.15) is 18.4 Å². The van der Waals surface area contributed by atoms with Gasteiger partial charge in [0.05, 0.1) is 10.8 Å². The number of non-ortho nitro benzene ring substituents is 1. The molecule has 0 saturated heterocycles. The Hall–Kier alpha value is -3.67. The molecule has 6 nitrogen and oxygen atoms in total. The molecule has 0 aliphatic rings. The third kappa shape index (κ3) is 4.70. The number of nitro benzene ring substituents is 1. The summed E-state index contributed by atoms with van der Waals surface area (Å²) in [4.78, 5) is 22.7. The van der Waals surface area contributed by atoms with Crippen LogP contribution in [0.4, 0.5) is 11.4 Å². The summed E-state index contributed by atoms with van der Waals surface area (Å²) in [6.07, 6.45) is 0. The summed E-state index contributed by atoms with van der Waals surface area (Å²) in [6, 6.07) is 22.5. The molecule has 0 aliphatic heterocycles. The van der Waals surface area contributed by atoms with Gasteiger partial charge in [-0.3, -0.25) is 14.9 Å². The molecule has 0 saturated carbocycles. The van der Waals surface area contributed by atoms with Gasteiger partial charge in [0.2, 0.25) is 5.91 Å². The maximum Gasteiger partial charge on any atom is 0.269 e. The molecule has 0 spiro atoms. The van der Waals surface area contributed by atoms with Crippen molar-refractivity contribution in [2.24, 2.45) is 0 Å². The fourth-order valence-corrected chi connectivity index (χ4v) is 2.52. The monoisotopic (exact) mass is 362 g/mol. The summed E-state index contributed by atoms with van der Waals surface area (Å²) >= 11 is 0. The topological polar surface area (TPSA) is 81.5 Å². The lowest BCUT2D eigenvalue weighted by molar-refractivity contribution is -0.384. The Morgan fingerprint density at radius 3 is 2.11 bits per heavy atom. The largest absolute Gasteiger partial charge is 0.457 e. The molecule has 0 unspecified atom stereocenters. The number of nitro groups is 1. The second-order valence-electron chi connectivity index (χ2n) is 6.00. The standard InChI is InChI=1S/C21H18N2O4/c1-15(16-7-11-18(12-8-16)23(25)26)21(24)22-17-9-13-20(14-10-17)27-19-5-3-2-4-6-19/h2-15H,1H3,(H,22,24)/t15-/m0/s1. The van der Waals surface area contributed by atoms with Crippen LogP contribution in [0.15, 0.2) is 78.9 Å². The van der Waals surface area contributed by atoms with Crippen molar-refractivity contribution in [1.82, 2.24) is 0 Å². The van der Waals surface area contributed by atoms with E-state index in [0.29, 0.717) is 17.0 Å². The van der Waals surface area contributed by atoms with E-state index in [4.69, 9.17) is 4.74 Å². The van der Waals surface area contributed by atoms with E-state index in [-0.39, 0.29) is 11.6 Å². The molecule has 1 N–H and O–H groups in total. The number of amides is 1. The van der Waals surface area contributed by atoms with Crippen LogP contribution in [0.3, 0.4) is 0 Å². The second-order valence-corrected chi connectivity index (χ2v) is 6.00. The third-order valence-electron chi connectivity index (χ3n) is 4.10. The molecule has 0 radical (unpaired) electrons. The Bertz CT molecular complexity index is 923. The first-order valence-corrected chi connectivity index (χ1v) is 8.41. The maximum absolute atomic E-state index is 12.4. The first-order chi connectivity index (χ1) is 13.0. The predicted octanol–water partition coefficient (Wildman–Crippen LogP) is 5.13. The number of hydrogen-bond acceptors (Lipinski definition) is 4. The summed E-state index contributed by atoms with van der Waals surface area (Å²) < 4.78 is 5.72. The maximum atomic E-state index is 12.4. The Morgan fingerprint density at radius 2 is 1.52 bits per heavy atom. The molecule has 3 rings (SSSR count). The van der Waals surface area contributed by atoms with Crippen molar-refractivity contribution in [1.29, 1.82) is 0 Å². The first kappa shape index (κ1) is 18.1. The number of nitrogens with one attached hydrogen (secondary N) is 1. The lowest BCUT2D eigenvalue weighted by Crippen LogP contribution is -2.18. The van der Waals surface area contributed by atoms with E-state index in [0.717, 1.165) is 5.75 Å². The molecule has 0 heterocycles. The molecule has 3 aromatic carbocycles. The Balaban J connectivity index is 1.62. The number of carbonyl (C=O) groups is 1. The van der Waals surface area contributed by atoms with E-state index in [1.807, 2.05) is 30.3 Å². The molecule has 1 amide bonds. The first-order valence-electron chi connectivity index (χ1n) is 8.41. The van der Waals surface area contributed by atoms with Crippen LogP contribution in [0.5, 0.6) is 11.5 Å². The predicted molar refractivity (Wildman–Crippen MR) is 103 cm³/mol. The summed E-state index contributed by atoms with van der Waals surface area (Å²) in [5, 5.41) is 13.6. The van der Waals surface area contributed by atoms with Gasteiger partial charge in [-0.25, -0.2) is 0 Å². The van der Waals surface area contributed by atoms with Gasteiger partial charge in [0.1, 0.15) is 11.5 Å². The van der Waals surface area contributed by atoms with E-state index in [9.17, 15) is 14.9 Å². The molecular weight excluding hydrogens is 344 g/mol. The van der Waals surface area contributed by atoms with Gasteiger partial charge < -0.3 is 10.1 Å². The van der Waals surface area contributed by atoms with Gasteiger partial charge in [-0.05, 0) is 48.9 Å². The van der Waals surface area contributed by atoms with Crippen LogP contribution in [-0.2, 0) is 4.79 Å². The number of ether oxygens (including phenoxy) is 1. The number of carbonyl (C=O) groups excluding carboxylic acids is 1. The summed E-state index contributed by atoms with van der Waals surface area (Å²) in [5.41, 5.74) is 1.36. The van der Waals surface area contributed by atoms with Gasteiger partial charge in [-0.2, -0.15) is 0 Å². The smallest absolute Gasteiger partial charge is 0.269 e. The average Bonchev–Trinajstić information content (AvgIpc) is 2.69. The van der Waals surface area contributed by atoms with Crippen LogP contribution in [0.2, 0.25) is 0 Å². The van der Waals surface area contributed by atoms with Gasteiger partial charge in [-0.15, -0.1) is 0 Å². The van der Waals surface area contributed by atoms with Crippen molar-refractivity contribution < 1.29 is 14.5 Å². The number of rotatable bonds is 6. The highest BCUT2D eigenvalue weighted by atomic mass is 16.6. The van der Waals surface area contributed by atoms with Gasteiger partial charge >= 0.3 is 0 Å². The normalized spacial score (nSPS) is 11.4. The molecule has 0 aliphatic carbocycles. The minimum Gasteiger partial charge on any atom is -0.457 e. The number of nitrogens with zero attached hydrogens (tertiary/aromatic N) is 1. The third-order valence-corrected chi connectivity index (χ3v) is 4.10. The van der Waals surface area contributed by atoms with Crippen molar-refractivity contribution in [3.05, 3.63) is 94.5 Å². The van der Waals surface area contributed by atoms with Gasteiger partial charge in [0.25, 0.3) is 5.69 Å². The molecule has 27 heavy (non-hydrogen) atoms. The second kappa shape index (κ2) is 8.14. The van der Waals surface area contributed by atoms with Crippen molar-refractivity contribution >= 4 is 17.3 Å². The zero-order chi connectivity index (χ0) is 19.2. The highest BCUT2D eigenvalue weighted by Crippen LogP contribution is 2.24. The van der Waals surface area contributed by atoms with Crippen LogP contribution >= 0.6 is 0 Å². The average molecular weight is 362 g/mol. The number of para-hydroxylation sites is 1. The van der Waals surface area contributed by atoms with E-state index in [2.05, 4.69) is 5.32 Å². The lowest BCUT2D eigenvalue weighted by atomic mass is 10.00. The van der Waals surface area contributed by atoms with Gasteiger partial charge in [0.15, 0.2) is 0 Å². The number of anilines is 1. The minimum atomic E-state index is -0.465. The van der Waals surface area contributed by atoms with E-state index in [1.165, 1.54) is 12.1 Å². The SMILES string of the molecule is C[C@H](C(=O)Nc1ccc(Oc2ccccc2)cc1)c1ccc([N+](=O)[O-])cc1. The van der Waals surface area contributed by atoms with Crippen molar-refractivity contribution in [3.8, 4) is 11.5 Å². The summed E-state index contributed by atoms with van der Waals surface area (Å²) in [5.74, 6) is 0.773. The van der Waals surface area contributed by atoms with Gasteiger partial charge in [-0.1, -0.05) is 30.3 Å². The van der Waals surface area contributed by atoms with Crippen LogP contribution in [0, 0.1) is 10.1 Å². The van der Waals surface area contributed by atoms with Crippen molar-refractivity contribution in [2.45, 2.75) is 12.8 Å². The summed E-state index contributed by atoms with van der Waals surface area (Å²) in [6.45, 7) is 1.75. The zero-order valence-electron chi connectivity index (χ0n) is 14.7. The van der Waals surface area contributed by atoms with E-state index >= 15 is 0 Å². The van der Waals surface area contributed by atoms with Crippen molar-refractivity contribution in [3.63, 3.8) is 0 Å². The molecule has 1 atom stereocenters. The highest BCUT2D eigenvalue weighted by molar-refractivity contribution is 5.95. The minimum absolute atomic E-state index is 0.000336. The Kier molecular flexibility index (Phi) is 5.47. The summed E-state index contributed by atoms with van der Waals surface area (Å²) in [7, 11) is 0. The molecule has 0 aromatic heterocycles. The van der Waals surface area contributed by atoms with E-state index < -0.39 is 10.8 Å². The Labute approximate surface area is 156 Å². The molecule has 0 fully saturated rings.